The molecule has 0 aliphatic heterocycles. The molecule has 0 aliphatic carbocycles. The maximum atomic E-state index is 7.53. The van der Waals surface area contributed by atoms with Gasteiger partial charge in [-0.2, -0.15) is 0 Å². The first-order valence-electron chi connectivity index (χ1n) is 6.17. The molecule has 1 rings (SSSR count). The normalized spacial score (nSPS) is 12.5. The summed E-state index contributed by atoms with van der Waals surface area (Å²) >= 11 is 6.02. The minimum Gasteiger partial charge on any atom is -0.492 e. The average Bonchev–Trinajstić information content (AvgIpc) is 2.24. The van der Waals surface area contributed by atoms with E-state index in [1.165, 1.54) is 0 Å². The van der Waals surface area contributed by atoms with Crippen LogP contribution in [-0.2, 0) is 0 Å². The van der Waals surface area contributed by atoms with Gasteiger partial charge in [0.05, 0.1) is 17.2 Å². The van der Waals surface area contributed by atoms with Crippen LogP contribution in [0, 0.1) is 17.2 Å². The molecular weight excluding hydrogens is 248 g/mol. The second-order valence-electron chi connectivity index (χ2n) is 5.07. The van der Waals surface area contributed by atoms with E-state index >= 15 is 0 Å². The van der Waals surface area contributed by atoms with E-state index in [2.05, 4.69) is 20.8 Å². The smallest absolute Gasteiger partial charge is 0.131 e. The van der Waals surface area contributed by atoms with Gasteiger partial charge in [-0.3, -0.25) is 5.41 Å². The Morgan fingerprint density at radius 3 is 2.61 bits per heavy atom. The molecule has 18 heavy (non-hydrogen) atoms. The Labute approximate surface area is 114 Å². The van der Waals surface area contributed by atoms with Crippen molar-refractivity contribution < 1.29 is 4.74 Å². The molecule has 0 radical (unpaired) electrons. The van der Waals surface area contributed by atoms with Crippen LogP contribution in [-0.4, -0.2) is 12.4 Å². The molecule has 0 saturated carbocycles. The Hall–Kier alpha value is -1.22. The zero-order valence-electron chi connectivity index (χ0n) is 11.2. The fourth-order valence-electron chi connectivity index (χ4n) is 1.99. The van der Waals surface area contributed by atoms with Crippen molar-refractivity contribution in [2.24, 2.45) is 17.6 Å². The topological polar surface area (TPSA) is 59.1 Å². The summed E-state index contributed by atoms with van der Waals surface area (Å²) in [7, 11) is 0. The molecule has 0 aromatic heterocycles. The van der Waals surface area contributed by atoms with Crippen LogP contribution in [0.5, 0.6) is 5.75 Å². The lowest BCUT2D eigenvalue weighted by Crippen LogP contribution is -2.16. The second kappa shape index (κ2) is 6.64. The van der Waals surface area contributed by atoms with E-state index < -0.39 is 0 Å². The van der Waals surface area contributed by atoms with Gasteiger partial charge in [-0.1, -0.05) is 38.4 Å². The summed E-state index contributed by atoms with van der Waals surface area (Å²) in [6.07, 6.45) is 1.11. The van der Waals surface area contributed by atoms with E-state index in [9.17, 15) is 0 Å². The summed E-state index contributed by atoms with van der Waals surface area (Å²) in [6, 6.07) is 5.31. The fraction of sp³-hybridized carbons (Fsp3) is 0.500. The Bertz CT molecular complexity index is 418. The van der Waals surface area contributed by atoms with E-state index in [1.807, 2.05) is 0 Å². The van der Waals surface area contributed by atoms with Gasteiger partial charge < -0.3 is 10.5 Å². The van der Waals surface area contributed by atoms with Crippen LogP contribution in [0.1, 0.15) is 32.8 Å². The van der Waals surface area contributed by atoms with Crippen molar-refractivity contribution in [3.05, 3.63) is 28.8 Å². The number of benzene rings is 1. The number of ether oxygens (including phenoxy) is 1. The number of rotatable bonds is 6. The molecule has 0 saturated heterocycles. The average molecular weight is 269 g/mol. The van der Waals surface area contributed by atoms with Crippen molar-refractivity contribution in [1.29, 1.82) is 5.41 Å². The van der Waals surface area contributed by atoms with Gasteiger partial charge in [0.25, 0.3) is 0 Å². The van der Waals surface area contributed by atoms with Gasteiger partial charge >= 0.3 is 0 Å². The van der Waals surface area contributed by atoms with Gasteiger partial charge in [0.2, 0.25) is 0 Å². The van der Waals surface area contributed by atoms with Crippen LogP contribution >= 0.6 is 11.6 Å². The molecule has 1 unspecified atom stereocenters. The maximum absolute atomic E-state index is 7.53. The van der Waals surface area contributed by atoms with Crippen molar-refractivity contribution in [3.63, 3.8) is 0 Å². The summed E-state index contributed by atoms with van der Waals surface area (Å²) < 4.78 is 5.74. The maximum Gasteiger partial charge on any atom is 0.131 e. The molecule has 1 atom stereocenters. The van der Waals surface area contributed by atoms with Crippen molar-refractivity contribution in [2.75, 3.05) is 6.61 Å². The number of nitrogens with one attached hydrogen (secondary N) is 1. The summed E-state index contributed by atoms with van der Waals surface area (Å²) in [5.74, 6) is 1.64. The number of hydrogen-bond acceptors (Lipinski definition) is 2. The molecule has 0 fully saturated rings. The van der Waals surface area contributed by atoms with Gasteiger partial charge in [-0.15, -0.1) is 0 Å². The highest BCUT2D eigenvalue weighted by Gasteiger charge is 2.13. The predicted molar refractivity (Wildman–Crippen MR) is 76.6 cm³/mol. The van der Waals surface area contributed by atoms with Crippen LogP contribution in [0.15, 0.2) is 18.2 Å². The Morgan fingerprint density at radius 1 is 1.39 bits per heavy atom. The lowest BCUT2D eigenvalue weighted by atomic mass is 10.00. The predicted octanol–water partition coefficient (Wildman–Crippen LogP) is 3.69. The molecule has 0 amide bonds. The van der Waals surface area contributed by atoms with E-state index in [1.54, 1.807) is 18.2 Å². The summed E-state index contributed by atoms with van der Waals surface area (Å²) in [4.78, 5) is 0. The molecule has 0 spiro atoms. The molecular formula is C14H21ClN2O. The molecule has 100 valence electrons. The number of amidine groups is 1. The minimum atomic E-state index is -0.0629. The molecule has 3 nitrogen and oxygen atoms in total. The van der Waals surface area contributed by atoms with Crippen molar-refractivity contribution >= 4 is 17.4 Å². The van der Waals surface area contributed by atoms with E-state index in [-0.39, 0.29) is 5.84 Å². The largest absolute Gasteiger partial charge is 0.492 e. The Balaban J connectivity index is 2.73. The van der Waals surface area contributed by atoms with Crippen LogP contribution in [0.3, 0.4) is 0 Å². The molecule has 0 bridgehead atoms. The highest BCUT2D eigenvalue weighted by atomic mass is 35.5. The number of nitrogens with two attached hydrogens (primary N) is 1. The number of nitrogen functional groups attached to an aromatic ring is 1. The number of halogens is 1. The van der Waals surface area contributed by atoms with Gasteiger partial charge in [-0.25, -0.2) is 0 Å². The summed E-state index contributed by atoms with van der Waals surface area (Å²) in [6.45, 7) is 7.14. The van der Waals surface area contributed by atoms with Crippen LogP contribution in [0.4, 0.5) is 0 Å². The molecule has 1 aromatic carbocycles. The monoisotopic (exact) mass is 268 g/mol. The lowest BCUT2D eigenvalue weighted by Gasteiger charge is -2.17. The van der Waals surface area contributed by atoms with Gasteiger partial charge in [0.1, 0.15) is 11.6 Å². The fourth-order valence-corrected chi connectivity index (χ4v) is 2.26. The summed E-state index contributed by atoms with van der Waals surface area (Å²) in [5.41, 5.74) is 6.00. The van der Waals surface area contributed by atoms with Crippen molar-refractivity contribution in [2.45, 2.75) is 27.2 Å². The van der Waals surface area contributed by atoms with E-state index in [4.69, 9.17) is 27.5 Å². The van der Waals surface area contributed by atoms with Crippen LogP contribution < -0.4 is 10.5 Å². The van der Waals surface area contributed by atoms with Crippen molar-refractivity contribution in [3.8, 4) is 5.75 Å². The zero-order valence-corrected chi connectivity index (χ0v) is 11.9. The first-order chi connectivity index (χ1) is 8.41. The summed E-state index contributed by atoms with van der Waals surface area (Å²) in [5, 5.41) is 7.98. The molecule has 4 heteroatoms. The standard InChI is InChI=1S/C14H21ClN2O/c1-9(2)7-10(3)8-18-12-6-4-5-11(15)13(12)14(16)17/h4-6,9-10H,7-8H2,1-3H3,(H3,16,17). The quantitative estimate of drug-likeness (QED) is 0.611. The third-order valence-corrected chi connectivity index (χ3v) is 2.96. The highest BCUT2D eigenvalue weighted by molar-refractivity contribution is 6.34. The minimum absolute atomic E-state index is 0.0629. The van der Waals surface area contributed by atoms with E-state index in [0.717, 1.165) is 6.42 Å². The van der Waals surface area contributed by atoms with Gasteiger partial charge in [0, 0.05) is 0 Å². The van der Waals surface area contributed by atoms with Crippen molar-refractivity contribution in [1.82, 2.24) is 0 Å². The first kappa shape index (κ1) is 14.8. The third kappa shape index (κ3) is 4.22. The van der Waals surface area contributed by atoms with Gasteiger partial charge in [-0.05, 0) is 30.4 Å². The molecule has 0 aliphatic rings. The van der Waals surface area contributed by atoms with Crippen LogP contribution in [0.2, 0.25) is 5.02 Å². The van der Waals surface area contributed by atoms with E-state index in [0.29, 0.717) is 34.8 Å². The van der Waals surface area contributed by atoms with Gasteiger partial charge in [0.15, 0.2) is 0 Å². The lowest BCUT2D eigenvalue weighted by molar-refractivity contribution is 0.238. The second-order valence-corrected chi connectivity index (χ2v) is 5.48. The first-order valence-corrected chi connectivity index (χ1v) is 6.55. The molecule has 1 aromatic rings. The Morgan fingerprint density at radius 2 is 2.06 bits per heavy atom. The Kier molecular flexibility index (Phi) is 5.48. The highest BCUT2D eigenvalue weighted by Crippen LogP contribution is 2.26. The number of hydrogen-bond donors (Lipinski definition) is 2. The van der Waals surface area contributed by atoms with Crippen LogP contribution in [0.25, 0.3) is 0 Å². The SMILES string of the molecule is CC(C)CC(C)COc1cccc(Cl)c1C(=N)N. The zero-order chi connectivity index (χ0) is 13.7. The molecule has 0 heterocycles. The molecule has 3 N–H and O–H groups in total. The third-order valence-electron chi connectivity index (χ3n) is 2.64.